The fourth-order valence-corrected chi connectivity index (χ4v) is 2.17. The maximum absolute atomic E-state index is 12.2. The lowest BCUT2D eigenvalue weighted by Crippen LogP contribution is -2.41. The van der Waals surface area contributed by atoms with Crippen LogP contribution in [0, 0.1) is 10.1 Å². The molecule has 0 aromatic heterocycles. The average molecular weight is 322 g/mol. The first kappa shape index (κ1) is 18.6. The van der Waals surface area contributed by atoms with Crippen molar-refractivity contribution in [2.75, 3.05) is 7.11 Å². The summed E-state index contributed by atoms with van der Waals surface area (Å²) in [6, 6.07) is 4.64. The third kappa shape index (κ3) is 6.06. The molecule has 1 N–H and O–H groups in total. The summed E-state index contributed by atoms with van der Waals surface area (Å²) in [5.74, 6) is -1.04. The number of non-ortho nitro benzene ring substituents is 1. The van der Waals surface area contributed by atoms with Gasteiger partial charge in [0.15, 0.2) is 0 Å². The Morgan fingerprint density at radius 1 is 1.30 bits per heavy atom. The topological polar surface area (TPSA) is 98.5 Å². The summed E-state index contributed by atoms with van der Waals surface area (Å²) in [7, 11) is 1.26. The SMILES string of the molecule is CCCCCC[C@H](NC(=O)c1cccc([N+](=O)[O-])c1)C(=O)OC. The van der Waals surface area contributed by atoms with Crippen LogP contribution in [0.5, 0.6) is 0 Å². The Morgan fingerprint density at radius 2 is 2.04 bits per heavy atom. The number of carbonyl (C=O) groups excluding carboxylic acids is 2. The van der Waals surface area contributed by atoms with Gasteiger partial charge < -0.3 is 10.1 Å². The summed E-state index contributed by atoms with van der Waals surface area (Å²) in [5, 5.41) is 13.3. The summed E-state index contributed by atoms with van der Waals surface area (Å²) in [4.78, 5) is 34.2. The summed E-state index contributed by atoms with van der Waals surface area (Å²) < 4.78 is 4.71. The van der Waals surface area contributed by atoms with E-state index in [1.165, 1.54) is 31.4 Å². The molecule has 0 heterocycles. The Kier molecular flexibility index (Phi) is 7.73. The largest absolute Gasteiger partial charge is 0.467 e. The average Bonchev–Trinajstić information content (AvgIpc) is 2.56. The summed E-state index contributed by atoms with van der Waals surface area (Å²) in [6.07, 6.45) is 4.38. The van der Waals surface area contributed by atoms with Gasteiger partial charge in [-0.25, -0.2) is 4.79 Å². The first-order valence-corrected chi connectivity index (χ1v) is 7.62. The van der Waals surface area contributed by atoms with Crippen molar-refractivity contribution < 1.29 is 19.2 Å². The molecule has 1 rings (SSSR count). The van der Waals surface area contributed by atoms with Crippen molar-refractivity contribution >= 4 is 17.6 Å². The molecule has 0 aliphatic heterocycles. The van der Waals surface area contributed by atoms with E-state index in [-0.39, 0.29) is 11.3 Å². The molecule has 1 atom stereocenters. The molecule has 0 radical (unpaired) electrons. The molecular formula is C16H22N2O5. The molecule has 1 aromatic rings. The van der Waals surface area contributed by atoms with E-state index < -0.39 is 22.8 Å². The highest BCUT2D eigenvalue weighted by Crippen LogP contribution is 2.14. The van der Waals surface area contributed by atoms with Crippen LogP contribution >= 0.6 is 0 Å². The first-order valence-electron chi connectivity index (χ1n) is 7.62. The molecule has 0 aliphatic rings. The van der Waals surface area contributed by atoms with Gasteiger partial charge in [0.05, 0.1) is 12.0 Å². The van der Waals surface area contributed by atoms with Crippen molar-refractivity contribution in [2.24, 2.45) is 0 Å². The highest BCUT2D eigenvalue weighted by molar-refractivity contribution is 5.97. The summed E-state index contributed by atoms with van der Waals surface area (Å²) in [6.45, 7) is 2.09. The molecule has 1 amide bonds. The maximum atomic E-state index is 12.2. The van der Waals surface area contributed by atoms with Crippen molar-refractivity contribution in [3.63, 3.8) is 0 Å². The second-order valence-corrected chi connectivity index (χ2v) is 5.21. The van der Waals surface area contributed by atoms with Crippen LogP contribution in [0.4, 0.5) is 5.69 Å². The normalized spacial score (nSPS) is 11.6. The maximum Gasteiger partial charge on any atom is 0.328 e. The van der Waals surface area contributed by atoms with Crippen LogP contribution in [0.3, 0.4) is 0 Å². The number of nitro groups is 1. The molecule has 126 valence electrons. The number of hydrogen-bond donors (Lipinski definition) is 1. The zero-order valence-corrected chi connectivity index (χ0v) is 13.4. The summed E-state index contributed by atoms with van der Waals surface area (Å²) >= 11 is 0. The van der Waals surface area contributed by atoms with Crippen LogP contribution < -0.4 is 5.32 Å². The summed E-state index contributed by atoms with van der Waals surface area (Å²) in [5.41, 5.74) is -0.0307. The van der Waals surface area contributed by atoms with Gasteiger partial charge in [-0.2, -0.15) is 0 Å². The molecule has 7 heteroatoms. The van der Waals surface area contributed by atoms with Crippen LogP contribution in [-0.2, 0) is 9.53 Å². The van der Waals surface area contributed by atoms with Crippen molar-refractivity contribution in [3.05, 3.63) is 39.9 Å². The van der Waals surface area contributed by atoms with Crippen LogP contribution in [-0.4, -0.2) is 30.0 Å². The Bertz CT molecular complexity index is 559. The van der Waals surface area contributed by atoms with E-state index in [2.05, 4.69) is 12.2 Å². The van der Waals surface area contributed by atoms with Crippen molar-refractivity contribution in [1.82, 2.24) is 5.32 Å². The minimum Gasteiger partial charge on any atom is -0.467 e. The lowest BCUT2D eigenvalue weighted by molar-refractivity contribution is -0.384. The molecule has 0 aliphatic carbocycles. The Labute approximate surface area is 135 Å². The lowest BCUT2D eigenvalue weighted by Gasteiger charge is -2.16. The predicted octanol–water partition coefficient (Wildman–Crippen LogP) is 2.84. The number of ether oxygens (including phenoxy) is 1. The number of unbranched alkanes of at least 4 members (excludes halogenated alkanes) is 3. The van der Waals surface area contributed by atoms with E-state index in [1.54, 1.807) is 0 Å². The predicted molar refractivity (Wildman–Crippen MR) is 85.1 cm³/mol. The molecule has 1 aromatic carbocycles. The van der Waals surface area contributed by atoms with Crippen LogP contribution in [0.2, 0.25) is 0 Å². The van der Waals surface area contributed by atoms with Crippen molar-refractivity contribution in [1.29, 1.82) is 0 Å². The second-order valence-electron chi connectivity index (χ2n) is 5.21. The molecule has 0 saturated carbocycles. The highest BCUT2D eigenvalue weighted by atomic mass is 16.6. The van der Waals surface area contributed by atoms with Crippen LogP contribution in [0.25, 0.3) is 0 Å². The van der Waals surface area contributed by atoms with E-state index in [4.69, 9.17) is 4.74 Å². The number of hydrogen-bond acceptors (Lipinski definition) is 5. The molecule has 0 spiro atoms. The molecule has 0 saturated heterocycles. The van der Waals surface area contributed by atoms with E-state index >= 15 is 0 Å². The number of esters is 1. The van der Waals surface area contributed by atoms with Gasteiger partial charge in [0, 0.05) is 17.7 Å². The van der Waals surface area contributed by atoms with E-state index in [0.717, 1.165) is 25.7 Å². The van der Waals surface area contributed by atoms with Gasteiger partial charge in [0.1, 0.15) is 6.04 Å². The Morgan fingerprint density at radius 3 is 2.65 bits per heavy atom. The number of amides is 1. The third-order valence-electron chi connectivity index (χ3n) is 3.46. The first-order chi connectivity index (χ1) is 11.0. The van der Waals surface area contributed by atoms with Crippen molar-refractivity contribution in [3.8, 4) is 0 Å². The van der Waals surface area contributed by atoms with Gasteiger partial charge in [-0.3, -0.25) is 14.9 Å². The minimum atomic E-state index is -0.747. The molecule has 7 nitrogen and oxygen atoms in total. The van der Waals surface area contributed by atoms with Gasteiger partial charge in [-0.05, 0) is 12.5 Å². The van der Waals surface area contributed by atoms with Crippen molar-refractivity contribution in [2.45, 2.75) is 45.1 Å². The number of nitrogens with zero attached hydrogens (tertiary/aromatic N) is 1. The zero-order chi connectivity index (χ0) is 17.2. The van der Waals surface area contributed by atoms with E-state index in [1.807, 2.05) is 0 Å². The van der Waals surface area contributed by atoms with Gasteiger partial charge >= 0.3 is 5.97 Å². The third-order valence-corrected chi connectivity index (χ3v) is 3.46. The monoisotopic (exact) mass is 322 g/mol. The molecule has 0 unspecified atom stereocenters. The quantitative estimate of drug-likeness (QED) is 0.326. The number of rotatable bonds is 9. The standard InChI is InChI=1S/C16H22N2O5/c1-3-4-5-6-10-14(16(20)23-2)17-15(19)12-8-7-9-13(11-12)18(21)22/h7-9,11,14H,3-6,10H2,1-2H3,(H,17,19)/t14-/m0/s1. The number of carbonyl (C=O) groups is 2. The van der Waals surface area contributed by atoms with Gasteiger partial charge in [-0.1, -0.05) is 38.7 Å². The molecule has 0 bridgehead atoms. The van der Waals surface area contributed by atoms with Crippen LogP contribution in [0.15, 0.2) is 24.3 Å². The van der Waals surface area contributed by atoms with Gasteiger partial charge in [-0.15, -0.1) is 0 Å². The minimum absolute atomic E-state index is 0.140. The van der Waals surface area contributed by atoms with E-state index in [0.29, 0.717) is 6.42 Å². The second kappa shape index (κ2) is 9.55. The molecule has 23 heavy (non-hydrogen) atoms. The van der Waals surface area contributed by atoms with Gasteiger partial charge in [0.25, 0.3) is 11.6 Å². The Balaban J connectivity index is 2.74. The molecule has 0 fully saturated rings. The smallest absolute Gasteiger partial charge is 0.328 e. The number of nitrogens with one attached hydrogen (secondary N) is 1. The fourth-order valence-electron chi connectivity index (χ4n) is 2.17. The number of benzene rings is 1. The highest BCUT2D eigenvalue weighted by Gasteiger charge is 2.22. The fraction of sp³-hybridized carbons (Fsp3) is 0.500. The lowest BCUT2D eigenvalue weighted by atomic mass is 10.1. The number of methoxy groups -OCH3 is 1. The number of nitro benzene ring substituents is 1. The molecular weight excluding hydrogens is 300 g/mol. The zero-order valence-electron chi connectivity index (χ0n) is 13.4. The van der Waals surface area contributed by atoms with Gasteiger partial charge in [0.2, 0.25) is 0 Å². The van der Waals surface area contributed by atoms with E-state index in [9.17, 15) is 19.7 Å². The van der Waals surface area contributed by atoms with Crippen LogP contribution in [0.1, 0.15) is 49.4 Å². The Hall–Kier alpha value is -2.44.